The molecule has 3 aromatic carbocycles. The topological polar surface area (TPSA) is 44.8 Å². The second-order valence-corrected chi connectivity index (χ2v) is 9.03. The Kier molecular flexibility index (Phi) is 9.83. The Labute approximate surface area is 205 Å². The summed E-state index contributed by atoms with van der Waals surface area (Å²) >= 11 is 1.67. The number of ether oxygens (including phenoxy) is 3. The van der Waals surface area contributed by atoms with Gasteiger partial charge in [-0.05, 0) is 78.9 Å². The van der Waals surface area contributed by atoms with Crippen LogP contribution in [0.2, 0.25) is 0 Å². The van der Waals surface area contributed by atoms with Crippen molar-refractivity contribution in [2.75, 3.05) is 13.2 Å². The maximum absolute atomic E-state index is 12.7. The van der Waals surface area contributed by atoms with Gasteiger partial charge in [0.1, 0.15) is 24.8 Å². The molecule has 180 valence electrons. The third-order valence-corrected chi connectivity index (χ3v) is 6.14. The highest BCUT2D eigenvalue weighted by molar-refractivity contribution is 7.99. The third kappa shape index (κ3) is 7.52. The zero-order chi connectivity index (χ0) is 24.3. The van der Waals surface area contributed by atoms with Crippen LogP contribution in [0.1, 0.15) is 42.5 Å². The highest BCUT2D eigenvalue weighted by Gasteiger charge is 2.10. The van der Waals surface area contributed by atoms with E-state index in [2.05, 4.69) is 19.1 Å². The standard InChI is InChI=1S/C28H31FO4S/c1-4-6-23-16-25(12-14-27(23)33-19-28(30)31-5-2)34-24-11-13-26(20(3)15-24)32-18-22-9-7-21(17-29)8-10-22/h7-16H,4-6,17-19H2,1-3H3. The lowest BCUT2D eigenvalue weighted by atomic mass is 10.1. The molecule has 6 heteroatoms. The van der Waals surface area contributed by atoms with E-state index in [1.807, 2.05) is 43.3 Å². The molecule has 34 heavy (non-hydrogen) atoms. The molecule has 0 radical (unpaired) electrons. The Morgan fingerprint density at radius 1 is 0.882 bits per heavy atom. The molecule has 0 N–H and O–H groups in total. The van der Waals surface area contributed by atoms with Crippen LogP contribution >= 0.6 is 11.8 Å². The first kappa shape index (κ1) is 25.6. The van der Waals surface area contributed by atoms with Crippen LogP contribution < -0.4 is 9.47 Å². The summed E-state index contributed by atoms with van der Waals surface area (Å²) in [6, 6.07) is 19.5. The number of hydrogen-bond acceptors (Lipinski definition) is 5. The Hall–Kier alpha value is -2.99. The number of hydrogen-bond donors (Lipinski definition) is 0. The number of aryl methyl sites for hydroxylation is 2. The van der Waals surface area contributed by atoms with Crippen LogP contribution in [-0.2, 0) is 29.2 Å². The molecule has 0 saturated heterocycles. The summed E-state index contributed by atoms with van der Waals surface area (Å²) in [6.07, 6.45) is 1.84. The molecule has 4 nitrogen and oxygen atoms in total. The molecule has 0 aromatic heterocycles. The lowest BCUT2D eigenvalue weighted by molar-refractivity contribution is -0.145. The largest absolute Gasteiger partial charge is 0.489 e. The zero-order valence-electron chi connectivity index (χ0n) is 19.9. The highest BCUT2D eigenvalue weighted by atomic mass is 32.2. The van der Waals surface area contributed by atoms with Gasteiger partial charge >= 0.3 is 5.97 Å². The molecular formula is C28H31FO4S. The maximum Gasteiger partial charge on any atom is 0.344 e. The van der Waals surface area contributed by atoms with Gasteiger partial charge in [-0.1, -0.05) is 49.4 Å². The predicted molar refractivity (Wildman–Crippen MR) is 133 cm³/mol. The third-order valence-electron chi connectivity index (χ3n) is 5.16. The molecule has 0 aliphatic heterocycles. The Morgan fingerprint density at radius 3 is 2.21 bits per heavy atom. The molecule has 0 atom stereocenters. The molecule has 3 rings (SSSR count). The number of rotatable bonds is 12. The predicted octanol–water partition coefficient (Wildman–Crippen LogP) is 7.09. The van der Waals surface area contributed by atoms with Crippen LogP contribution in [-0.4, -0.2) is 19.2 Å². The Bertz CT molecular complexity index is 1080. The SMILES string of the molecule is CCCc1cc(Sc2ccc(OCc3ccc(CF)cc3)c(C)c2)ccc1OCC(=O)OCC. The summed E-state index contributed by atoms with van der Waals surface area (Å²) in [5, 5.41) is 0. The highest BCUT2D eigenvalue weighted by Crippen LogP contribution is 2.34. The van der Waals surface area contributed by atoms with Crippen LogP contribution in [0, 0.1) is 6.92 Å². The van der Waals surface area contributed by atoms with E-state index in [-0.39, 0.29) is 12.6 Å². The van der Waals surface area contributed by atoms with Gasteiger partial charge in [-0.25, -0.2) is 9.18 Å². The van der Waals surface area contributed by atoms with Crippen LogP contribution in [0.3, 0.4) is 0 Å². The van der Waals surface area contributed by atoms with Crippen molar-refractivity contribution in [3.8, 4) is 11.5 Å². The van der Waals surface area contributed by atoms with Crippen molar-refractivity contribution in [3.05, 3.63) is 82.9 Å². The molecule has 0 aliphatic rings. The first-order valence-corrected chi connectivity index (χ1v) is 12.3. The lowest BCUT2D eigenvalue weighted by Gasteiger charge is -2.13. The van der Waals surface area contributed by atoms with Crippen LogP contribution in [0.25, 0.3) is 0 Å². The molecule has 0 unspecified atom stereocenters. The van der Waals surface area contributed by atoms with E-state index >= 15 is 0 Å². The number of esters is 1. The molecule has 0 amide bonds. The van der Waals surface area contributed by atoms with Gasteiger partial charge in [0.15, 0.2) is 6.61 Å². The van der Waals surface area contributed by atoms with Gasteiger partial charge in [0.05, 0.1) is 6.61 Å². The molecule has 0 aliphatic carbocycles. The Morgan fingerprint density at radius 2 is 1.56 bits per heavy atom. The van der Waals surface area contributed by atoms with Crippen molar-refractivity contribution in [1.82, 2.24) is 0 Å². The van der Waals surface area contributed by atoms with Gasteiger partial charge in [0.25, 0.3) is 0 Å². The first-order chi connectivity index (χ1) is 16.5. The average molecular weight is 483 g/mol. The number of carbonyl (C=O) groups excluding carboxylic acids is 1. The fraction of sp³-hybridized carbons (Fsp3) is 0.321. The summed E-state index contributed by atoms with van der Waals surface area (Å²) in [6.45, 7) is 6.16. The summed E-state index contributed by atoms with van der Waals surface area (Å²) in [4.78, 5) is 13.8. The summed E-state index contributed by atoms with van der Waals surface area (Å²) in [5.74, 6) is 1.19. The molecule has 0 bridgehead atoms. The first-order valence-electron chi connectivity index (χ1n) is 11.5. The Balaban J connectivity index is 1.64. The van der Waals surface area contributed by atoms with Gasteiger partial charge in [0.2, 0.25) is 0 Å². The number of alkyl halides is 1. The fourth-order valence-electron chi connectivity index (χ4n) is 3.43. The molecule has 0 heterocycles. The van der Waals surface area contributed by atoms with Crippen LogP contribution in [0.5, 0.6) is 11.5 Å². The quantitative estimate of drug-likeness (QED) is 0.258. The minimum absolute atomic E-state index is 0.0856. The average Bonchev–Trinajstić information content (AvgIpc) is 2.84. The number of halogens is 1. The summed E-state index contributed by atoms with van der Waals surface area (Å²) < 4.78 is 29.3. The molecule has 0 spiro atoms. The second kappa shape index (κ2) is 13.0. The van der Waals surface area contributed by atoms with Crippen molar-refractivity contribution < 1.29 is 23.4 Å². The van der Waals surface area contributed by atoms with Crippen molar-refractivity contribution >= 4 is 17.7 Å². The van der Waals surface area contributed by atoms with Crippen molar-refractivity contribution in [2.24, 2.45) is 0 Å². The summed E-state index contributed by atoms with van der Waals surface area (Å²) in [7, 11) is 0. The molecule has 0 fully saturated rings. The van der Waals surface area contributed by atoms with E-state index in [1.165, 1.54) is 0 Å². The van der Waals surface area contributed by atoms with E-state index in [1.54, 1.807) is 30.8 Å². The van der Waals surface area contributed by atoms with E-state index in [0.29, 0.717) is 18.8 Å². The van der Waals surface area contributed by atoms with Gasteiger partial charge in [-0.15, -0.1) is 0 Å². The zero-order valence-corrected chi connectivity index (χ0v) is 20.8. The fourth-order valence-corrected chi connectivity index (χ4v) is 4.41. The van der Waals surface area contributed by atoms with E-state index in [9.17, 15) is 9.18 Å². The minimum Gasteiger partial charge on any atom is -0.489 e. The van der Waals surface area contributed by atoms with Gasteiger partial charge in [-0.3, -0.25) is 0 Å². The van der Waals surface area contributed by atoms with E-state index in [0.717, 1.165) is 50.8 Å². The number of benzene rings is 3. The normalized spacial score (nSPS) is 10.7. The molecule has 3 aromatic rings. The maximum atomic E-state index is 12.7. The molecular weight excluding hydrogens is 451 g/mol. The van der Waals surface area contributed by atoms with Gasteiger partial charge in [-0.2, -0.15) is 0 Å². The number of carbonyl (C=O) groups is 1. The monoisotopic (exact) mass is 482 g/mol. The minimum atomic E-state index is -0.456. The van der Waals surface area contributed by atoms with Crippen LogP contribution in [0.4, 0.5) is 4.39 Å². The molecule has 0 saturated carbocycles. The smallest absolute Gasteiger partial charge is 0.344 e. The van der Waals surface area contributed by atoms with Crippen molar-refractivity contribution in [2.45, 2.75) is 56.7 Å². The van der Waals surface area contributed by atoms with Crippen LogP contribution in [0.15, 0.2) is 70.5 Å². The summed E-state index contributed by atoms with van der Waals surface area (Å²) in [5.41, 5.74) is 3.80. The van der Waals surface area contributed by atoms with E-state index in [4.69, 9.17) is 14.2 Å². The lowest BCUT2D eigenvalue weighted by Crippen LogP contribution is -2.15. The van der Waals surface area contributed by atoms with E-state index < -0.39 is 6.67 Å². The second-order valence-electron chi connectivity index (χ2n) is 7.88. The van der Waals surface area contributed by atoms with Crippen molar-refractivity contribution in [1.29, 1.82) is 0 Å². The van der Waals surface area contributed by atoms with Crippen molar-refractivity contribution in [3.63, 3.8) is 0 Å². The van der Waals surface area contributed by atoms with Gasteiger partial charge < -0.3 is 14.2 Å². The van der Waals surface area contributed by atoms with Gasteiger partial charge in [0, 0.05) is 9.79 Å².